The lowest BCUT2D eigenvalue weighted by molar-refractivity contribution is -0.144. The van der Waals surface area contributed by atoms with Gasteiger partial charge in [-0.15, -0.1) is 0 Å². The Hall–Kier alpha value is -2.04. The minimum absolute atomic E-state index is 0.0879. The zero-order valence-electron chi connectivity index (χ0n) is 16.1. The van der Waals surface area contributed by atoms with E-state index < -0.39 is 0 Å². The zero-order valence-corrected chi connectivity index (χ0v) is 16.1. The molecule has 1 aromatic rings. The molecule has 5 nitrogen and oxygen atoms in total. The number of hydrogen-bond acceptors (Lipinski definition) is 4. The number of carbonyl (C=O) groups excluding carboxylic acids is 2. The van der Waals surface area contributed by atoms with E-state index in [2.05, 4.69) is 0 Å². The number of ether oxygens (including phenoxy) is 2. The highest BCUT2D eigenvalue weighted by molar-refractivity contribution is 5.70. The monoisotopic (exact) mass is 361 g/mol. The molecule has 2 rings (SSSR count). The lowest BCUT2D eigenvalue weighted by Crippen LogP contribution is -2.46. The van der Waals surface area contributed by atoms with Crippen molar-refractivity contribution >= 4 is 12.1 Å². The largest absolute Gasteiger partial charge is 0.466 e. The van der Waals surface area contributed by atoms with Gasteiger partial charge in [-0.05, 0) is 57.9 Å². The Morgan fingerprint density at radius 3 is 2.31 bits per heavy atom. The van der Waals surface area contributed by atoms with Crippen molar-refractivity contribution in [2.24, 2.45) is 5.92 Å². The molecule has 1 saturated carbocycles. The molecule has 1 aliphatic carbocycles. The summed E-state index contributed by atoms with van der Waals surface area (Å²) >= 11 is 0. The van der Waals surface area contributed by atoms with Gasteiger partial charge in [0.2, 0.25) is 0 Å². The standard InChI is InChI=1S/C21H31NO4/c1-4-25-20(23)14-17-10-12-19(13-11-17)22(16(2)3)21(24)26-15-18-8-6-5-7-9-18/h5-9,16-17,19H,4,10-15H2,1-3H3. The minimum atomic E-state index is -0.252. The second kappa shape index (κ2) is 10.2. The summed E-state index contributed by atoms with van der Waals surface area (Å²) in [6, 6.07) is 9.99. The van der Waals surface area contributed by atoms with Crippen molar-refractivity contribution in [3.63, 3.8) is 0 Å². The fourth-order valence-corrected chi connectivity index (χ4v) is 3.66. The van der Waals surface area contributed by atoms with Gasteiger partial charge in [0.05, 0.1) is 6.61 Å². The first kappa shape index (κ1) is 20.3. The molecule has 26 heavy (non-hydrogen) atoms. The van der Waals surface area contributed by atoms with E-state index in [0.29, 0.717) is 25.6 Å². The second-order valence-corrected chi connectivity index (χ2v) is 7.22. The first-order chi connectivity index (χ1) is 12.5. The molecule has 1 fully saturated rings. The lowest BCUT2D eigenvalue weighted by atomic mass is 9.83. The Balaban J connectivity index is 1.85. The number of carbonyl (C=O) groups is 2. The third-order valence-corrected chi connectivity index (χ3v) is 4.94. The Kier molecular flexibility index (Phi) is 7.95. The van der Waals surface area contributed by atoms with Crippen LogP contribution in [0.2, 0.25) is 0 Å². The summed E-state index contributed by atoms with van der Waals surface area (Å²) in [5.74, 6) is 0.249. The number of nitrogens with zero attached hydrogens (tertiary/aromatic N) is 1. The SMILES string of the molecule is CCOC(=O)CC1CCC(N(C(=O)OCc2ccccc2)C(C)C)CC1. The van der Waals surface area contributed by atoms with Crippen LogP contribution in [-0.4, -0.2) is 35.7 Å². The molecule has 1 aromatic carbocycles. The van der Waals surface area contributed by atoms with E-state index in [4.69, 9.17) is 9.47 Å². The van der Waals surface area contributed by atoms with Gasteiger partial charge in [0.25, 0.3) is 0 Å². The van der Waals surface area contributed by atoms with Crippen molar-refractivity contribution in [1.29, 1.82) is 0 Å². The Morgan fingerprint density at radius 2 is 1.73 bits per heavy atom. The third-order valence-electron chi connectivity index (χ3n) is 4.94. The van der Waals surface area contributed by atoms with Gasteiger partial charge < -0.3 is 14.4 Å². The highest BCUT2D eigenvalue weighted by atomic mass is 16.6. The molecule has 0 heterocycles. The molecule has 1 amide bonds. The minimum Gasteiger partial charge on any atom is -0.466 e. The topological polar surface area (TPSA) is 55.8 Å². The molecule has 0 unspecified atom stereocenters. The van der Waals surface area contributed by atoms with Crippen LogP contribution < -0.4 is 0 Å². The van der Waals surface area contributed by atoms with Crippen LogP contribution in [0, 0.1) is 5.92 Å². The number of esters is 1. The number of rotatable bonds is 7. The maximum Gasteiger partial charge on any atom is 0.410 e. The van der Waals surface area contributed by atoms with Crippen LogP contribution in [0.5, 0.6) is 0 Å². The second-order valence-electron chi connectivity index (χ2n) is 7.22. The maximum atomic E-state index is 12.6. The highest BCUT2D eigenvalue weighted by Crippen LogP contribution is 2.31. The third kappa shape index (κ3) is 6.04. The van der Waals surface area contributed by atoms with Gasteiger partial charge >= 0.3 is 12.1 Å². The summed E-state index contributed by atoms with van der Waals surface area (Å²) in [6.45, 7) is 6.60. The van der Waals surface area contributed by atoms with E-state index in [0.717, 1.165) is 31.2 Å². The van der Waals surface area contributed by atoms with Crippen LogP contribution >= 0.6 is 0 Å². The van der Waals surface area contributed by atoms with Gasteiger partial charge in [-0.25, -0.2) is 4.79 Å². The summed E-state index contributed by atoms with van der Waals surface area (Å²) in [5.41, 5.74) is 0.989. The predicted molar refractivity (Wildman–Crippen MR) is 101 cm³/mol. The molecule has 0 radical (unpaired) electrons. The van der Waals surface area contributed by atoms with Crippen molar-refractivity contribution in [2.75, 3.05) is 6.61 Å². The van der Waals surface area contributed by atoms with Crippen molar-refractivity contribution in [1.82, 2.24) is 4.90 Å². The molecule has 1 aliphatic rings. The molecule has 144 valence electrons. The quantitative estimate of drug-likeness (QED) is 0.669. The Labute approximate surface area is 156 Å². The van der Waals surface area contributed by atoms with E-state index in [-0.39, 0.29) is 24.1 Å². The maximum absolute atomic E-state index is 12.6. The average Bonchev–Trinajstić information content (AvgIpc) is 2.62. The van der Waals surface area contributed by atoms with Gasteiger partial charge in [-0.3, -0.25) is 4.79 Å². The Bertz CT molecular complexity index is 565. The van der Waals surface area contributed by atoms with Crippen molar-refractivity contribution < 1.29 is 19.1 Å². The summed E-state index contributed by atoms with van der Waals surface area (Å²) in [4.78, 5) is 26.2. The van der Waals surface area contributed by atoms with Crippen LogP contribution in [0.25, 0.3) is 0 Å². The molecular weight excluding hydrogens is 330 g/mol. The number of benzene rings is 1. The fourth-order valence-electron chi connectivity index (χ4n) is 3.66. The van der Waals surface area contributed by atoms with Gasteiger partial charge in [0.15, 0.2) is 0 Å². The van der Waals surface area contributed by atoms with E-state index >= 15 is 0 Å². The van der Waals surface area contributed by atoms with Gasteiger partial charge in [-0.2, -0.15) is 0 Å². The van der Waals surface area contributed by atoms with E-state index in [1.807, 2.05) is 56.0 Å². The summed E-state index contributed by atoms with van der Waals surface area (Å²) in [6.07, 6.45) is 3.93. The first-order valence-corrected chi connectivity index (χ1v) is 9.65. The smallest absolute Gasteiger partial charge is 0.410 e. The molecule has 5 heteroatoms. The highest BCUT2D eigenvalue weighted by Gasteiger charge is 2.32. The zero-order chi connectivity index (χ0) is 18.9. The molecule has 0 bridgehead atoms. The van der Waals surface area contributed by atoms with Crippen LogP contribution in [0.4, 0.5) is 4.79 Å². The first-order valence-electron chi connectivity index (χ1n) is 9.65. The molecule has 0 saturated heterocycles. The summed E-state index contributed by atoms with van der Waals surface area (Å²) < 4.78 is 10.6. The van der Waals surface area contributed by atoms with Crippen molar-refractivity contribution in [3.8, 4) is 0 Å². The molecule has 0 spiro atoms. The van der Waals surface area contributed by atoms with E-state index in [1.54, 1.807) is 0 Å². The number of amides is 1. The predicted octanol–water partition coefficient (Wildman–Crippen LogP) is 4.55. The van der Waals surface area contributed by atoms with Crippen LogP contribution in [0.15, 0.2) is 30.3 Å². The molecular formula is C21H31NO4. The van der Waals surface area contributed by atoms with Gasteiger partial charge in [0, 0.05) is 18.5 Å². The normalized spacial score (nSPS) is 19.8. The van der Waals surface area contributed by atoms with Crippen LogP contribution in [0.1, 0.15) is 58.4 Å². The van der Waals surface area contributed by atoms with Gasteiger partial charge in [-0.1, -0.05) is 30.3 Å². The van der Waals surface area contributed by atoms with E-state index in [9.17, 15) is 9.59 Å². The molecule has 0 aliphatic heterocycles. The molecule has 0 atom stereocenters. The van der Waals surface area contributed by atoms with E-state index in [1.165, 1.54) is 0 Å². The fraction of sp³-hybridized carbons (Fsp3) is 0.619. The van der Waals surface area contributed by atoms with Crippen LogP contribution in [-0.2, 0) is 20.9 Å². The molecule has 0 N–H and O–H groups in total. The average molecular weight is 361 g/mol. The Morgan fingerprint density at radius 1 is 1.08 bits per heavy atom. The summed E-state index contributed by atoms with van der Waals surface area (Å²) in [5, 5.41) is 0. The lowest BCUT2D eigenvalue weighted by Gasteiger charge is -2.38. The van der Waals surface area contributed by atoms with Crippen LogP contribution in [0.3, 0.4) is 0 Å². The van der Waals surface area contributed by atoms with Crippen molar-refractivity contribution in [3.05, 3.63) is 35.9 Å². The summed E-state index contributed by atoms with van der Waals surface area (Å²) in [7, 11) is 0. The van der Waals surface area contributed by atoms with Gasteiger partial charge in [0.1, 0.15) is 6.61 Å². The van der Waals surface area contributed by atoms with Crippen molar-refractivity contribution in [2.45, 2.75) is 71.6 Å². The number of hydrogen-bond donors (Lipinski definition) is 0. The molecule has 0 aromatic heterocycles.